The largest absolute Gasteiger partial charge is 0.507 e. The van der Waals surface area contributed by atoms with Gasteiger partial charge in [0.1, 0.15) is 16.4 Å². The van der Waals surface area contributed by atoms with Gasteiger partial charge in [-0.1, -0.05) is 52.5 Å². The maximum atomic E-state index is 12.9. The van der Waals surface area contributed by atoms with E-state index in [1.54, 1.807) is 46.8 Å². The predicted octanol–water partition coefficient (Wildman–Crippen LogP) is 2.50. The van der Waals surface area contributed by atoms with E-state index in [1.807, 2.05) is 0 Å². The lowest BCUT2D eigenvalue weighted by molar-refractivity contribution is -0.144. The Morgan fingerprint density at radius 2 is 1.11 bits per heavy atom. The van der Waals surface area contributed by atoms with Gasteiger partial charge in [0.15, 0.2) is 0 Å². The Morgan fingerprint density at radius 1 is 0.698 bits per heavy atom. The summed E-state index contributed by atoms with van der Waals surface area (Å²) in [5.74, 6) is -6.64. The number of hydrogen-bond donors (Lipinski definition) is 7. The standard InChI is InChI=1S/C37H44N2O13S/c1-19(2)24-11-26(21(5)28(36(24)48)13-38(15-31(40)41)16-32(42)43)35(23-9-7-8-10-30(23)53(50,51)52)27-12-25(20(3)4)37(49)29(22(27)6)14-39(17-33(44)45)18-34(46)47/h7-12,19-20,48-49H,5,13-18H2,1-4,6H3,(H,40,41)(H,42,43)(H,44,45)(H,46,47)(H,50,51,52)/b35-26-. The Bertz CT molecular complexity index is 2130. The first-order valence-electron chi connectivity index (χ1n) is 16.4. The van der Waals surface area contributed by atoms with E-state index in [-0.39, 0.29) is 67.8 Å². The first-order chi connectivity index (χ1) is 24.5. The van der Waals surface area contributed by atoms with E-state index < -0.39 is 77.5 Å². The molecule has 0 bridgehead atoms. The van der Waals surface area contributed by atoms with Crippen LogP contribution in [0.15, 0.2) is 41.3 Å². The summed E-state index contributed by atoms with van der Waals surface area (Å²) < 4.78 is 36.2. The fourth-order valence-corrected chi connectivity index (χ4v) is 6.94. The fourth-order valence-electron chi connectivity index (χ4n) is 6.25. The molecule has 0 aromatic heterocycles. The molecule has 0 saturated carbocycles. The lowest BCUT2D eigenvalue weighted by atomic mass is 9.84. The molecule has 15 nitrogen and oxygen atoms in total. The third kappa shape index (κ3) is 10.2. The fraction of sp³-hybridized carbons (Fsp3) is 0.351. The van der Waals surface area contributed by atoms with E-state index in [9.17, 15) is 62.8 Å². The molecule has 0 fully saturated rings. The van der Waals surface area contributed by atoms with E-state index in [4.69, 9.17) is 0 Å². The number of benzene rings is 3. The number of carbonyl (C=O) groups is 4. The van der Waals surface area contributed by atoms with Gasteiger partial charge in [0.25, 0.3) is 10.1 Å². The molecule has 53 heavy (non-hydrogen) atoms. The smallest absolute Gasteiger partial charge is 0.317 e. The monoisotopic (exact) mass is 756 g/mol. The minimum absolute atomic E-state index is 0.0402. The maximum absolute atomic E-state index is 12.9. The average molecular weight is 757 g/mol. The highest BCUT2D eigenvalue weighted by atomic mass is 32.2. The molecule has 0 unspecified atom stereocenters. The zero-order valence-corrected chi connectivity index (χ0v) is 30.8. The third-order valence-electron chi connectivity index (χ3n) is 8.68. The molecule has 0 radical (unpaired) electrons. The topological polar surface area (TPSA) is 251 Å². The van der Waals surface area contributed by atoms with Crippen molar-refractivity contribution < 1.29 is 62.8 Å². The maximum Gasteiger partial charge on any atom is 0.317 e. The van der Waals surface area contributed by atoms with Crippen LogP contribution in [-0.4, -0.2) is 103 Å². The number of carboxylic acids is 4. The highest BCUT2D eigenvalue weighted by Crippen LogP contribution is 2.39. The van der Waals surface area contributed by atoms with Crippen molar-refractivity contribution >= 4 is 46.1 Å². The van der Waals surface area contributed by atoms with Crippen LogP contribution >= 0.6 is 0 Å². The molecule has 0 amide bonds. The number of nitrogens with zero attached hydrogens (tertiary/aromatic N) is 2. The molecule has 0 aliphatic rings. The van der Waals surface area contributed by atoms with Crippen LogP contribution in [0.3, 0.4) is 0 Å². The van der Waals surface area contributed by atoms with Gasteiger partial charge in [-0.2, -0.15) is 8.42 Å². The van der Waals surface area contributed by atoms with Crippen molar-refractivity contribution in [1.29, 1.82) is 0 Å². The number of hydrogen-bond acceptors (Lipinski definition) is 10. The van der Waals surface area contributed by atoms with Crippen molar-refractivity contribution in [3.8, 4) is 11.5 Å². The van der Waals surface area contributed by atoms with Gasteiger partial charge >= 0.3 is 23.9 Å². The molecule has 16 heteroatoms. The van der Waals surface area contributed by atoms with Gasteiger partial charge in [0, 0.05) is 29.8 Å². The molecule has 0 spiro atoms. The number of carboxylic acid groups (broad SMARTS) is 4. The van der Waals surface area contributed by atoms with Crippen LogP contribution < -0.4 is 10.4 Å². The molecule has 3 aromatic carbocycles. The number of aromatic hydroxyl groups is 2. The van der Waals surface area contributed by atoms with Gasteiger partial charge in [-0.05, 0) is 75.2 Å². The SMILES string of the molecule is C=c1c(CN(CC(=O)O)CC(=O)O)c(O)c(C(C)C)c/c1=C(\c1ccccc1S(=O)(=O)O)c1cc(C(C)C)c(O)c(CN(CC(=O)O)CC(=O)O)c1C. The van der Waals surface area contributed by atoms with Gasteiger partial charge in [0.05, 0.1) is 26.2 Å². The van der Waals surface area contributed by atoms with Crippen LogP contribution in [0, 0.1) is 6.92 Å². The molecule has 0 aliphatic carbocycles. The van der Waals surface area contributed by atoms with E-state index in [0.717, 1.165) is 9.80 Å². The zero-order valence-electron chi connectivity index (χ0n) is 30.0. The van der Waals surface area contributed by atoms with E-state index >= 15 is 0 Å². The molecule has 0 saturated heterocycles. The minimum Gasteiger partial charge on any atom is -0.507 e. The summed E-state index contributed by atoms with van der Waals surface area (Å²) in [5.41, 5.74) is 1.46. The second-order valence-corrected chi connectivity index (χ2v) is 14.7. The molecule has 286 valence electrons. The third-order valence-corrected chi connectivity index (χ3v) is 9.59. The van der Waals surface area contributed by atoms with Crippen LogP contribution in [-0.2, 0) is 42.4 Å². The molecule has 7 N–H and O–H groups in total. The van der Waals surface area contributed by atoms with E-state index in [0.29, 0.717) is 11.1 Å². The van der Waals surface area contributed by atoms with Crippen molar-refractivity contribution in [2.24, 2.45) is 0 Å². The Morgan fingerprint density at radius 3 is 1.55 bits per heavy atom. The molecule has 3 aromatic rings. The summed E-state index contributed by atoms with van der Waals surface area (Å²) in [5, 5.41) is 61.5. The number of aliphatic carboxylic acids is 4. The Hall–Kier alpha value is -5.29. The molecule has 0 heterocycles. The van der Waals surface area contributed by atoms with Crippen LogP contribution in [0.4, 0.5) is 0 Å². The van der Waals surface area contributed by atoms with Crippen LogP contribution in [0.2, 0.25) is 0 Å². The lowest BCUT2D eigenvalue weighted by Crippen LogP contribution is -2.39. The van der Waals surface area contributed by atoms with Crippen LogP contribution in [0.25, 0.3) is 12.2 Å². The van der Waals surface area contributed by atoms with E-state index in [1.165, 1.54) is 24.3 Å². The summed E-state index contributed by atoms with van der Waals surface area (Å²) in [7, 11) is -4.92. The minimum atomic E-state index is -4.92. The van der Waals surface area contributed by atoms with Crippen LogP contribution in [0.1, 0.15) is 78.5 Å². The van der Waals surface area contributed by atoms with Gasteiger partial charge in [-0.25, -0.2) is 0 Å². The van der Waals surface area contributed by atoms with Gasteiger partial charge in [0.2, 0.25) is 0 Å². The van der Waals surface area contributed by atoms with Crippen molar-refractivity contribution in [3.05, 3.63) is 85.8 Å². The molecule has 0 atom stereocenters. The normalized spacial score (nSPS) is 12.5. The number of phenolic OH excluding ortho intramolecular Hbond substituents is 2. The van der Waals surface area contributed by atoms with Crippen LogP contribution in [0.5, 0.6) is 11.5 Å². The average Bonchev–Trinajstić information content (AvgIpc) is 3.01. The van der Waals surface area contributed by atoms with Crippen molar-refractivity contribution in [2.45, 2.75) is 64.4 Å². The Kier molecular flexibility index (Phi) is 13.5. The first-order valence-corrected chi connectivity index (χ1v) is 17.8. The van der Waals surface area contributed by atoms with Gasteiger partial charge in [-0.3, -0.25) is 33.5 Å². The Labute approximate surface area is 306 Å². The second kappa shape index (κ2) is 17.0. The highest BCUT2D eigenvalue weighted by molar-refractivity contribution is 7.86. The second-order valence-electron chi connectivity index (χ2n) is 13.3. The molecule has 0 aliphatic heterocycles. The molecular formula is C37H44N2O13S. The van der Waals surface area contributed by atoms with Crippen molar-refractivity contribution in [2.75, 3.05) is 26.2 Å². The first kappa shape index (κ1) is 42.1. The predicted molar refractivity (Wildman–Crippen MR) is 193 cm³/mol. The quantitative estimate of drug-likeness (QED) is 0.0978. The summed E-state index contributed by atoms with van der Waals surface area (Å²) in [4.78, 5) is 48.4. The summed E-state index contributed by atoms with van der Waals surface area (Å²) in [6.45, 7) is 9.22. The molecular weight excluding hydrogens is 712 g/mol. The van der Waals surface area contributed by atoms with Gasteiger partial charge in [-0.15, -0.1) is 0 Å². The zero-order chi connectivity index (χ0) is 40.1. The van der Waals surface area contributed by atoms with Crippen molar-refractivity contribution in [3.63, 3.8) is 0 Å². The Balaban J connectivity index is 2.72. The highest BCUT2D eigenvalue weighted by Gasteiger charge is 2.28. The van der Waals surface area contributed by atoms with E-state index in [2.05, 4.69) is 6.58 Å². The molecule has 3 rings (SSSR count). The van der Waals surface area contributed by atoms with Gasteiger partial charge < -0.3 is 30.6 Å². The van der Waals surface area contributed by atoms with Crippen molar-refractivity contribution in [1.82, 2.24) is 9.80 Å². The summed E-state index contributed by atoms with van der Waals surface area (Å²) in [6.07, 6.45) is 0. The summed E-state index contributed by atoms with van der Waals surface area (Å²) in [6, 6.07) is 8.64. The lowest BCUT2D eigenvalue weighted by Gasteiger charge is -2.26. The summed E-state index contributed by atoms with van der Waals surface area (Å²) >= 11 is 0. The number of phenols is 2. The number of rotatable bonds is 17.